The van der Waals surface area contributed by atoms with E-state index in [1.54, 1.807) is 22.9 Å². The smallest absolute Gasteiger partial charge is 0.522 e. The van der Waals surface area contributed by atoms with Crippen molar-refractivity contribution in [2.24, 2.45) is 5.73 Å². The highest BCUT2D eigenvalue weighted by Gasteiger charge is 2.37. The minimum atomic E-state index is -1.22. The summed E-state index contributed by atoms with van der Waals surface area (Å²) >= 11 is 0. The van der Waals surface area contributed by atoms with E-state index in [2.05, 4.69) is 11.6 Å². The van der Waals surface area contributed by atoms with Crippen LogP contribution in [0.2, 0.25) is 6.32 Å². The molecular weight excluding hydrogens is 419 g/mol. The van der Waals surface area contributed by atoms with Gasteiger partial charge in [-0.25, -0.2) is 9.78 Å². The quantitative estimate of drug-likeness (QED) is 0.351. The molecule has 1 atom stereocenters. The van der Waals surface area contributed by atoms with Gasteiger partial charge in [0.05, 0.1) is 31.7 Å². The number of likely N-dealkylation sites (tertiary alicyclic amines) is 1. The summed E-state index contributed by atoms with van der Waals surface area (Å²) in [5.41, 5.74) is 6.95. The molecular formula is C20H23BN4O7. The van der Waals surface area contributed by atoms with E-state index in [-0.39, 0.29) is 48.4 Å². The Morgan fingerprint density at radius 3 is 2.81 bits per heavy atom. The number of aryl methyl sites for hydroxylation is 1. The molecule has 3 heterocycles. The van der Waals surface area contributed by atoms with Gasteiger partial charge in [-0.1, -0.05) is 12.6 Å². The van der Waals surface area contributed by atoms with E-state index < -0.39 is 25.2 Å². The highest BCUT2D eigenvalue weighted by Crippen LogP contribution is 2.37. The van der Waals surface area contributed by atoms with Crippen LogP contribution >= 0.6 is 0 Å². The van der Waals surface area contributed by atoms with Crippen molar-refractivity contribution < 1.29 is 34.2 Å². The second-order valence-electron chi connectivity index (χ2n) is 7.84. The zero-order valence-electron chi connectivity index (χ0n) is 17.2. The molecule has 0 saturated carbocycles. The molecule has 0 bridgehead atoms. The highest BCUT2D eigenvalue weighted by molar-refractivity contribution is 6.44. The van der Waals surface area contributed by atoms with Gasteiger partial charge < -0.3 is 39.8 Å². The van der Waals surface area contributed by atoms with Gasteiger partial charge in [0.1, 0.15) is 35.0 Å². The first-order chi connectivity index (χ1) is 15.2. The molecule has 1 unspecified atom stereocenters. The first-order valence-electron chi connectivity index (χ1n) is 10.1. The third-order valence-electron chi connectivity index (χ3n) is 5.39. The number of aromatic carboxylic acids is 1. The van der Waals surface area contributed by atoms with Crippen LogP contribution in [0.5, 0.6) is 11.5 Å². The Bertz CT molecular complexity index is 1070. The van der Waals surface area contributed by atoms with E-state index in [4.69, 9.17) is 15.1 Å². The molecule has 168 valence electrons. The number of benzene rings is 1. The highest BCUT2D eigenvalue weighted by atomic mass is 16.5. The summed E-state index contributed by atoms with van der Waals surface area (Å²) in [4.78, 5) is 30.1. The Kier molecular flexibility index (Phi) is 5.81. The summed E-state index contributed by atoms with van der Waals surface area (Å²) in [6, 6.07) is 2.32. The summed E-state index contributed by atoms with van der Waals surface area (Å²) < 4.78 is 12.7. The number of carboxylic acid groups (broad SMARTS) is 1. The van der Waals surface area contributed by atoms with Crippen LogP contribution < -0.4 is 15.1 Å². The number of aliphatic hydroxyl groups is 1. The van der Waals surface area contributed by atoms with Gasteiger partial charge in [0.15, 0.2) is 0 Å². The van der Waals surface area contributed by atoms with Crippen molar-refractivity contribution in [1.82, 2.24) is 14.5 Å². The van der Waals surface area contributed by atoms with Crippen LogP contribution in [-0.4, -0.2) is 67.9 Å². The number of fused-ring (bicyclic) bond motifs is 1. The zero-order valence-corrected chi connectivity index (χ0v) is 17.2. The van der Waals surface area contributed by atoms with Crippen molar-refractivity contribution in [3.63, 3.8) is 0 Å². The van der Waals surface area contributed by atoms with Gasteiger partial charge in [0.25, 0.3) is 0 Å². The van der Waals surface area contributed by atoms with Gasteiger partial charge in [0, 0.05) is 6.20 Å². The molecule has 12 heteroatoms. The number of nitrogens with two attached hydrogens (primary N) is 1. The van der Waals surface area contributed by atoms with Gasteiger partial charge in [-0.2, -0.15) is 0 Å². The number of imidazole rings is 1. The van der Waals surface area contributed by atoms with E-state index in [0.29, 0.717) is 24.0 Å². The fourth-order valence-electron chi connectivity index (χ4n) is 3.74. The average molecular weight is 442 g/mol. The number of rotatable bonds is 7. The molecule has 1 saturated heterocycles. The molecule has 2 aromatic rings. The van der Waals surface area contributed by atoms with Crippen molar-refractivity contribution in [2.45, 2.75) is 31.4 Å². The molecule has 0 radical (unpaired) electrons. The lowest BCUT2D eigenvalue weighted by atomic mass is 9.78. The normalized spacial score (nSPS) is 16.6. The molecule has 32 heavy (non-hydrogen) atoms. The molecule has 1 aromatic carbocycles. The number of amides is 1. The maximum absolute atomic E-state index is 12.6. The monoisotopic (exact) mass is 442 g/mol. The van der Waals surface area contributed by atoms with Crippen LogP contribution in [0.1, 0.15) is 27.7 Å². The van der Waals surface area contributed by atoms with Crippen LogP contribution in [0, 0.1) is 0 Å². The van der Waals surface area contributed by atoms with Gasteiger partial charge in [-0.15, -0.1) is 0 Å². The first-order valence-corrected chi connectivity index (χ1v) is 10.1. The lowest BCUT2D eigenvalue weighted by molar-refractivity contribution is -0.141. The number of hydrogen-bond donors (Lipinski definition) is 4. The minimum Gasteiger partial charge on any atom is -0.535 e. The molecule has 5 N–H and O–H groups in total. The summed E-state index contributed by atoms with van der Waals surface area (Å²) in [6.07, 6.45) is 3.50. The summed E-state index contributed by atoms with van der Waals surface area (Å²) in [6.45, 7) is 4.03. The Morgan fingerprint density at radius 1 is 1.38 bits per heavy atom. The number of hydrogen-bond acceptors (Lipinski definition) is 8. The maximum atomic E-state index is 12.6. The molecule has 0 aliphatic carbocycles. The lowest BCUT2D eigenvalue weighted by Crippen LogP contribution is -2.58. The molecule has 1 fully saturated rings. The molecule has 1 aromatic heterocycles. The van der Waals surface area contributed by atoms with Crippen LogP contribution in [0.3, 0.4) is 0 Å². The Hall–Kier alpha value is -3.51. The average Bonchev–Trinajstić information content (AvgIpc) is 3.16. The lowest BCUT2D eigenvalue weighted by Gasteiger charge is -2.40. The van der Waals surface area contributed by atoms with E-state index in [0.717, 1.165) is 0 Å². The van der Waals surface area contributed by atoms with E-state index in [1.165, 1.54) is 11.2 Å². The van der Waals surface area contributed by atoms with Crippen molar-refractivity contribution in [3.05, 3.63) is 53.8 Å². The Balaban J connectivity index is 1.39. The molecule has 11 nitrogen and oxygen atoms in total. The predicted molar refractivity (Wildman–Crippen MR) is 112 cm³/mol. The molecule has 2 aliphatic heterocycles. The number of carbonyl (C=O) groups is 2. The molecule has 2 aliphatic rings. The van der Waals surface area contributed by atoms with Crippen molar-refractivity contribution >= 4 is 19.0 Å². The van der Waals surface area contributed by atoms with E-state index in [1.807, 2.05) is 0 Å². The third-order valence-corrected chi connectivity index (χ3v) is 5.39. The topological polar surface area (TPSA) is 160 Å². The number of aliphatic hydroxyl groups excluding tert-OH is 1. The summed E-state index contributed by atoms with van der Waals surface area (Å²) in [7, 11) is -1.06. The predicted octanol–water partition coefficient (Wildman–Crippen LogP) is 0.358. The number of carboxylic acids is 1. The van der Waals surface area contributed by atoms with Crippen molar-refractivity contribution in [2.75, 3.05) is 13.1 Å². The number of aromatic nitrogens is 2. The fourth-order valence-corrected chi connectivity index (χ4v) is 3.74. The SMILES string of the molecule is C=C(O)Cn1cnc(C(N)C(=O)N2CC(Oc3ccc4c(c3C(=O)O)OB(O)CC4)C2)c1. The third kappa shape index (κ3) is 4.27. The van der Waals surface area contributed by atoms with Crippen molar-refractivity contribution in [1.29, 1.82) is 0 Å². The van der Waals surface area contributed by atoms with E-state index in [9.17, 15) is 24.8 Å². The number of allylic oxidation sites excluding steroid dienone is 1. The van der Waals surface area contributed by atoms with Crippen LogP contribution in [0.25, 0.3) is 0 Å². The van der Waals surface area contributed by atoms with Crippen LogP contribution in [0.15, 0.2) is 37.0 Å². The Labute approximate surface area is 183 Å². The van der Waals surface area contributed by atoms with Gasteiger partial charge in [-0.3, -0.25) is 4.79 Å². The molecule has 4 rings (SSSR count). The second-order valence-corrected chi connectivity index (χ2v) is 7.84. The zero-order chi connectivity index (χ0) is 23.0. The van der Waals surface area contributed by atoms with Gasteiger partial charge in [0.2, 0.25) is 5.91 Å². The molecule has 0 spiro atoms. The second kappa shape index (κ2) is 8.56. The first kappa shape index (κ1) is 21.7. The Morgan fingerprint density at radius 2 is 2.12 bits per heavy atom. The number of nitrogens with zero attached hydrogens (tertiary/aromatic N) is 3. The fraction of sp³-hybridized carbons (Fsp3) is 0.350. The van der Waals surface area contributed by atoms with Crippen LogP contribution in [0.4, 0.5) is 0 Å². The minimum absolute atomic E-state index is 0.0422. The number of ether oxygens (including phenoxy) is 1. The van der Waals surface area contributed by atoms with Crippen molar-refractivity contribution in [3.8, 4) is 11.5 Å². The summed E-state index contributed by atoms with van der Waals surface area (Å²) in [5.74, 6) is -1.37. The number of carbonyl (C=O) groups excluding carboxylic acids is 1. The maximum Gasteiger partial charge on any atom is 0.522 e. The van der Waals surface area contributed by atoms with E-state index >= 15 is 0 Å². The van der Waals surface area contributed by atoms with Gasteiger partial charge >= 0.3 is 13.1 Å². The largest absolute Gasteiger partial charge is 0.535 e. The standard InChI is InChI=1S/C20H23BN4O7/c1-11(26)6-24-9-14(23-10-24)17(22)19(27)25-7-13(8-25)31-15-3-2-12-4-5-21(30)32-18(12)16(15)20(28)29/h2-3,9-10,13,17,26,30H,1,4-8,22H2,(H,28,29). The molecule has 1 amide bonds. The summed E-state index contributed by atoms with van der Waals surface area (Å²) in [5, 5.41) is 28.7. The van der Waals surface area contributed by atoms with Gasteiger partial charge in [-0.05, 0) is 24.4 Å². The van der Waals surface area contributed by atoms with Crippen LogP contribution in [-0.2, 0) is 17.8 Å².